The van der Waals surface area contributed by atoms with Gasteiger partial charge in [-0.15, -0.1) is 0 Å². The van der Waals surface area contributed by atoms with E-state index in [1.807, 2.05) is 42.5 Å². The minimum Gasteiger partial charge on any atom is -0.479 e. The van der Waals surface area contributed by atoms with Gasteiger partial charge in [-0.05, 0) is 44.0 Å². The van der Waals surface area contributed by atoms with Crippen LogP contribution in [-0.4, -0.2) is 54.5 Å². The van der Waals surface area contributed by atoms with Crippen LogP contribution in [0.2, 0.25) is 0 Å². The van der Waals surface area contributed by atoms with Gasteiger partial charge < -0.3 is 20.3 Å². The number of likely N-dealkylation sites (tertiary alicyclic amines) is 1. The lowest BCUT2D eigenvalue weighted by Crippen LogP contribution is -2.52. The maximum atomic E-state index is 12.7. The number of hydrogen-bond acceptors (Lipinski definition) is 4. The lowest BCUT2D eigenvalue weighted by molar-refractivity contribution is -0.128. The molecule has 2 aliphatic rings. The van der Waals surface area contributed by atoms with Gasteiger partial charge in [-0.25, -0.2) is 4.79 Å². The number of urea groups is 1. The van der Waals surface area contributed by atoms with Crippen molar-refractivity contribution in [3.8, 4) is 5.75 Å². The third-order valence-corrected chi connectivity index (χ3v) is 5.55. The highest BCUT2D eigenvalue weighted by molar-refractivity contribution is 6.03. The van der Waals surface area contributed by atoms with Gasteiger partial charge in [0.1, 0.15) is 12.3 Å². The van der Waals surface area contributed by atoms with Crippen LogP contribution in [0.1, 0.15) is 19.8 Å². The number of amides is 4. The molecule has 31 heavy (non-hydrogen) atoms. The lowest BCUT2D eigenvalue weighted by atomic mass is 10.1. The number of carbonyl (C=O) groups is 3. The molecular weight excluding hydrogens is 396 g/mol. The van der Waals surface area contributed by atoms with E-state index in [1.54, 1.807) is 24.0 Å². The standard InChI is InChI=1S/C23H26N4O4/c1-16-22(29)27(19-9-5-6-10-20(19)31-16)15-21(28)24-18-11-13-26(14-12-18)23(30)25-17-7-3-2-4-8-17/h2-10,16,18H,11-15H2,1H3,(H,24,28)(H,25,30). The van der Waals surface area contributed by atoms with Crippen LogP contribution in [-0.2, 0) is 9.59 Å². The molecule has 4 amide bonds. The van der Waals surface area contributed by atoms with Crippen LogP contribution in [0.25, 0.3) is 0 Å². The summed E-state index contributed by atoms with van der Waals surface area (Å²) in [7, 11) is 0. The molecule has 2 aromatic rings. The van der Waals surface area contributed by atoms with Crippen LogP contribution in [0.4, 0.5) is 16.2 Å². The second kappa shape index (κ2) is 9.07. The number of benzene rings is 2. The van der Waals surface area contributed by atoms with Crippen LogP contribution in [0.15, 0.2) is 54.6 Å². The number of nitrogens with one attached hydrogen (secondary N) is 2. The molecule has 0 saturated carbocycles. The average molecular weight is 422 g/mol. The summed E-state index contributed by atoms with van der Waals surface area (Å²) in [5.41, 5.74) is 1.36. The first-order valence-electron chi connectivity index (χ1n) is 10.5. The summed E-state index contributed by atoms with van der Waals surface area (Å²) in [6, 6.07) is 16.4. The number of fused-ring (bicyclic) bond motifs is 1. The summed E-state index contributed by atoms with van der Waals surface area (Å²) in [6.45, 7) is 2.73. The zero-order valence-electron chi connectivity index (χ0n) is 17.4. The lowest BCUT2D eigenvalue weighted by Gasteiger charge is -2.34. The minimum atomic E-state index is -0.630. The van der Waals surface area contributed by atoms with E-state index in [0.717, 1.165) is 5.69 Å². The molecule has 4 rings (SSSR count). The third-order valence-electron chi connectivity index (χ3n) is 5.55. The van der Waals surface area contributed by atoms with Crippen molar-refractivity contribution in [1.82, 2.24) is 10.2 Å². The van der Waals surface area contributed by atoms with Crippen LogP contribution in [0.5, 0.6) is 5.75 Å². The Kier molecular flexibility index (Phi) is 6.06. The first-order chi connectivity index (χ1) is 15.0. The molecule has 2 aromatic carbocycles. The first kappa shape index (κ1) is 20.7. The normalized spacial score (nSPS) is 18.7. The Labute approximate surface area is 181 Å². The van der Waals surface area contributed by atoms with E-state index >= 15 is 0 Å². The molecule has 1 unspecified atom stereocenters. The van der Waals surface area contributed by atoms with Crippen molar-refractivity contribution in [2.24, 2.45) is 0 Å². The zero-order chi connectivity index (χ0) is 21.8. The van der Waals surface area contributed by atoms with E-state index in [1.165, 1.54) is 4.90 Å². The predicted molar refractivity (Wildman–Crippen MR) is 117 cm³/mol. The fourth-order valence-corrected chi connectivity index (χ4v) is 3.89. The van der Waals surface area contributed by atoms with Gasteiger partial charge in [-0.3, -0.25) is 14.5 Å². The van der Waals surface area contributed by atoms with Gasteiger partial charge in [0, 0.05) is 24.8 Å². The Bertz CT molecular complexity index is 957. The zero-order valence-corrected chi connectivity index (χ0v) is 17.4. The largest absolute Gasteiger partial charge is 0.479 e. The summed E-state index contributed by atoms with van der Waals surface area (Å²) in [5.74, 6) is 0.144. The number of nitrogens with zero attached hydrogens (tertiary/aromatic N) is 2. The average Bonchev–Trinajstić information content (AvgIpc) is 2.78. The van der Waals surface area contributed by atoms with Crippen LogP contribution in [0.3, 0.4) is 0 Å². The fraction of sp³-hybridized carbons (Fsp3) is 0.348. The molecule has 2 heterocycles. The molecule has 1 atom stereocenters. The van der Waals surface area contributed by atoms with E-state index in [9.17, 15) is 14.4 Å². The monoisotopic (exact) mass is 422 g/mol. The van der Waals surface area contributed by atoms with E-state index in [4.69, 9.17) is 4.74 Å². The molecule has 1 fully saturated rings. The molecular formula is C23H26N4O4. The van der Waals surface area contributed by atoms with Gasteiger partial charge in [0.15, 0.2) is 6.10 Å². The molecule has 0 aliphatic carbocycles. The number of anilines is 2. The number of para-hydroxylation sites is 3. The number of ether oxygens (including phenoxy) is 1. The van der Waals surface area contributed by atoms with Crippen molar-refractivity contribution in [2.75, 3.05) is 29.9 Å². The topological polar surface area (TPSA) is 91.0 Å². The summed E-state index contributed by atoms with van der Waals surface area (Å²) in [5, 5.41) is 5.89. The molecule has 8 nitrogen and oxygen atoms in total. The highest BCUT2D eigenvalue weighted by Crippen LogP contribution is 2.33. The molecule has 0 bridgehead atoms. The van der Waals surface area contributed by atoms with Crippen molar-refractivity contribution in [1.29, 1.82) is 0 Å². The van der Waals surface area contributed by atoms with Crippen molar-refractivity contribution in [2.45, 2.75) is 31.9 Å². The Morgan fingerprint density at radius 1 is 1.03 bits per heavy atom. The molecule has 0 spiro atoms. The van der Waals surface area contributed by atoms with Gasteiger partial charge >= 0.3 is 6.03 Å². The second-order valence-corrected chi connectivity index (χ2v) is 7.78. The Morgan fingerprint density at radius 2 is 1.71 bits per heavy atom. The highest BCUT2D eigenvalue weighted by Gasteiger charge is 2.33. The van der Waals surface area contributed by atoms with Crippen molar-refractivity contribution in [3.05, 3.63) is 54.6 Å². The molecule has 1 saturated heterocycles. The number of carbonyl (C=O) groups excluding carboxylic acids is 3. The summed E-state index contributed by atoms with van der Waals surface area (Å²) < 4.78 is 5.62. The summed E-state index contributed by atoms with van der Waals surface area (Å²) in [4.78, 5) is 40.8. The molecule has 162 valence electrons. The number of hydrogen-bond donors (Lipinski definition) is 2. The quantitative estimate of drug-likeness (QED) is 0.793. The van der Waals surface area contributed by atoms with Crippen molar-refractivity contribution >= 4 is 29.2 Å². The Morgan fingerprint density at radius 3 is 2.45 bits per heavy atom. The molecule has 8 heteroatoms. The SMILES string of the molecule is CC1Oc2ccccc2N(CC(=O)NC2CCN(C(=O)Nc3ccccc3)CC2)C1=O. The van der Waals surface area contributed by atoms with E-state index < -0.39 is 6.10 Å². The summed E-state index contributed by atoms with van der Waals surface area (Å²) >= 11 is 0. The van der Waals surface area contributed by atoms with Crippen LogP contribution < -0.4 is 20.3 Å². The maximum Gasteiger partial charge on any atom is 0.321 e. The van der Waals surface area contributed by atoms with E-state index in [2.05, 4.69) is 10.6 Å². The van der Waals surface area contributed by atoms with Gasteiger partial charge in [0.05, 0.1) is 5.69 Å². The van der Waals surface area contributed by atoms with Crippen LogP contribution in [0, 0.1) is 0 Å². The van der Waals surface area contributed by atoms with E-state index in [-0.39, 0.29) is 30.4 Å². The summed E-state index contributed by atoms with van der Waals surface area (Å²) in [6.07, 6.45) is 0.699. The van der Waals surface area contributed by atoms with Gasteiger partial charge in [0.25, 0.3) is 5.91 Å². The highest BCUT2D eigenvalue weighted by atomic mass is 16.5. The maximum absolute atomic E-state index is 12.7. The van der Waals surface area contributed by atoms with Gasteiger partial charge in [0.2, 0.25) is 5.91 Å². The number of rotatable bonds is 4. The van der Waals surface area contributed by atoms with Gasteiger partial charge in [-0.2, -0.15) is 0 Å². The first-order valence-corrected chi connectivity index (χ1v) is 10.5. The van der Waals surface area contributed by atoms with Crippen LogP contribution >= 0.6 is 0 Å². The molecule has 2 N–H and O–H groups in total. The fourth-order valence-electron chi connectivity index (χ4n) is 3.89. The second-order valence-electron chi connectivity index (χ2n) is 7.78. The Hall–Kier alpha value is -3.55. The van der Waals surface area contributed by atoms with Crippen molar-refractivity contribution < 1.29 is 19.1 Å². The molecule has 0 radical (unpaired) electrons. The van der Waals surface area contributed by atoms with E-state index in [0.29, 0.717) is 37.4 Å². The minimum absolute atomic E-state index is 0.0305. The number of piperidine rings is 1. The Balaban J connectivity index is 1.29. The third kappa shape index (κ3) is 4.79. The molecule has 0 aromatic heterocycles. The smallest absolute Gasteiger partial charge is 0.321 e. The van der Waals surface area contributed by atoms with Crippen molar-refractivity contribution in [3.63, 3.8) is 0 Å². The van der Waals surface area contributed by atoms with Gasteiger partial charge in [-0.1, -0.05) is 30.3 Å². The molecule has 2 aliphatic heterocycles. The predicted octanol–water partition coefficient (Wildman–Crippen LogP) is 2.61.